The second-order valence-electron chi connectivity index (χ2n) is 5.02. The lowest BCUT2D eigenvalue weighted by Gasteiger charge is -2.31. The molecule has 108 valence electrons. The summed E-state index contributed by atoms with van der Waals surface area (Å²) in [6.45, 7) is 3.86. The first-order chi connectivity index (χ1) is 9.56. The molecule has 1 unspecified atom stereocenters. The maximum Gasteiger partial charge on any atom is 0.335 e. The number of aromatic carboxylic acids is 1. The Labute approximate surface area is 118 Å². The smallest absolute Gasteiger partial charge is 0.335 e. The number of morpholine rings is 1. The molecule has 0 radical (unpaired) electrons. The van der Waals surface area contributed by atoms with Gasteiger partial charge in [-0.25, -0.2) is 4.79 Å². The monoisotopic (exact) mass is 277 g/mol. The summed E-state index contributed by atoms with van der Waals surface area (Å²) in [4.78, 5) is 24.6. The second kappa shape index (κ2) is 6.52. The second-order valence-corrected chi connectivity index (χ2v) is 5.02. The Morgan fingerprint density at radius 1 is 1.35 bits per heavy atom. The predicted molar refractivity (Wildman–Crippen MR) is 73.7 cm³/mol. The van der Waals surface area contributed by atoms with Crippen LogP contribution in [0.5, 0.6) is 0 Å². The number of nitrogens with zero attached hydrogens (tertiary/aromatic N) is 1. The molecule has 5 heteroatoms. The van der Waals surface area contributed by atoms with Crippen molar-refractivity contribution < 1.29 is 19.4 Å². The van der Waals surface area contributed by atoms with Crippen LogP contribution in [0.2, 0.25) is 0 Å². The van der Waals surface area contributed by atoms with Gasteiger partial charge < -0.3 is 14.7 Å². The molecule has 1 aliphatic rings. The molecule has 1 atom stereocenters. The molecule has 1 fully saturated rings. The van der Waals surface area contributed by atoms with Crippen molar-refractivity contribution in [2.45, 2.75) is 25.9 Å². The molecule has 1 aliphatic heterocycles. The highest BCUT2D eigenvalue weighted by Gasteiger charge is 2.20. The number of hydrogen-bond donors (Lipinski definition) is 1. The van der Waals surface area contributed by atoms with E-state index in [-0.39, 0.29) is 17.6 Å². The van der Waals surface area contributed by atoms with Gasteiger partial charge in [0.15, 0.2) is 0 Å². The Morgan fingerprint density at radius 2 is 2.05 bits per heavy atom. The van der Waals surface area contributed by atoms with Crippen molar-refractivity contribution in [3.05, 3.63) is 35.4 Å². The molecule has 0 spiro atoms. The zero-order valence-corrected chi connectivity index (χ0v) is 11.5. The summed E-state index contributed by atoms with van der Waals surface area (Å²) >= 11 is 0. The van der Waals surface area contributed by atoms with Crippen molar-refractivity contribution in [1.82, 2.24) is 4.90 Å². The highest BCUT2D eigenvalue weighted by Crippen LogP contribution is 2.10. The quantitative estimate of drug-likeness (QED) is 0.907. The topological polar surface area (TPSA) is 66.8 Å². The molecule has 1 amide bonds. The van der Waals surface area contributed by atoms with Crippen molar-refractivity contribution in [1.29, 1.82) is 0 Å². The number of amides is 1. The molecule has 1 N–H and O–H groups in total. The third-order valence-electron chi connectivity index (χ3n) is 3.42. The van der Waals surface area contributed by atoms with Crippen LogP contribution in [-0.2, 0) is 16.0 Å². The summed E-state index contributed by atoms with van der Waals surface area (Å²) in [5, 5.41) is 8.82. The average molecular weight is 277 g/mol. The number of carbonyl (C=O) groups excluding carboxylic acids is 1. The first-order valence-electron chi connectivity index (χ1n) is 6.78. The van der Waals surface area contributed by atoms with Crippen molar-refractivity contribution in [3.8, 4) is 0 Å². The van der Waals surface area contributed by atoms with Gasteiger partial charge in [-0.2, -0.15) is 0 Å². The highest BCUT2D eigenvalue weighted by molar-refractivity contribution is 5.87. The van der Waals surface area contributed by atoms with Gasteiger partial charge in [-0.1, -0.05) is 12.1 Å². The number of carboxylic acid groups (broad SMARTS) is 1. The lowest BCUT2D eigenvalue weighted by molar-refractivity contribution is -0.138. The van der Waals surface area contributed by atoms with Crippen LogP contribution in [0, 0.1) is 0 Å². The van der Waals surface area contributed by atoms with E-state index in [1.165, 1.54) is 0 Å². The summed E-state index contributed by atoms with van der Waals surface area (Å²) < 4.78 is 5.41. The van der Waals surface area contributed by atoms with Crippen molar-refractivity contribution in [3.63, 3.8) is 0 Å². The molecule has 0 aromatic heterocycles. The maximum absolute atomic E-state index is 12.1. The Hall–Kier alpha value is -1.88. The molecule has 1 aromatic rings. The molecule has 2 rings (SSSR count). The standard InChI is InChI=1S/C15H19NO4/c1-11-10-16(8-9-20-11)14(17)7-4-12-2-5-13(6-3-12)15(18)19/h2-3,5-6,11H,4,7-10H2,1H3,(H,18,19). The van der Waals surface area contributed by atoms with Gasteiger partial charge in [0.05, 0.1) is 18.3 Å². The number of benzene rings is 1. The summed E-state index contributed by atoms with van der Waals surface area (Å²) in [5.74, 6) is -0.808. The summed E-state index contributed by atoms with van der Waals surface area (Å²) in [6, 6.07) is 6.66. The third-order valence-corrected chi connectivity index (χ3v) is 3.42. The van der Waals surface area contributed by atoms with Crippen molar-refractivity contribution >= 4 is 11.9 Å². The number of ether oxygens (including phenoxy) is 1. The van der Waals surface area contributed by atoms with E-state index in [1.54, 1.807) is 24.3 Å². The first-order valence-corrected chi connectivity index (χ1v) is 6.78. The molecule has 0 aliphatic carbocycles. The predicted octanol–water partition coefficient (Wildman–Crippen LogP) is 1.56. The normalized spacial score (nSPS) is 18.9. The van der Waals surface area contributed by atoms with E-state index >= 15 is 0 Å². The minimum absolute atomic E-state index is 0.0996. The Morgan fingerprint density at radius 3 is 2.65 bits per heavy atom. The fourth-order valence-electron chi connectivity index (χ4n) is 2.27. The molecule has 20 heavy (non-hydrogen) atoms. The van der Waals surface area contributed by atoms with Crippen LogP contribution in [0.4, 0.5) is 0 Å². The van der Waals surface area contributed by atoms with Gasteiger partial charge in [0.25, 0.3) is 0 Å². The van der Waals surface area contributed by atoms with Crippen LogP contribution in [0.15, 0.2) is 24.3 Å². The molecule has 1 heterocycles. The van der Waals surface area contributed by atoms with E-state index < -0.39 is 5.97 Å². The largest absolute Gasteiger partial charge is 0.478 e. The molecular weight excluding hydrogens is 258 g/mol. The van der Waals surface area contributed by atoms with Gasteiger partial charge in [-0.05, 0) is 31.0 Å². The van der Waals surface area contributed by atoms with Crippen molar-refractivity contribution in [2.24, 2.45) is 0 Å². The average Bonchev–Trinajstić information content (AvgIpc) is 2.45. The van der Waals surface area contributed by atoms with Crippen LogP contribution in [-0.4, -0.2) is 47.7 Å². The van der Waals surface area contributed by atoms with Crippen LogP contribution in [0.1, 0.15) is 29.3 Å². The Balaban J connectivity index is 1.85. The first kappa shape index (κ1) is 14.5. The number of carboxylic acids is 1. The molecule has 1 saturated heterocycles. The van der Waals surface area contributed by atoms with E-state index in [4.69, 9.17) is 9.84 Å². The molecular formula is C15H19NO4. The van der Waals surface area contributed by atoms with E-state index in [9.17, 15) is 9.59 Å². The maximum atomic E-state index is 12.1. The van der Waals surface area contributed by atoms with Crippen LogP contribution in [0.25, 0.3) is 0 Å². The number of aryl methyl sites for hydroxylation is 1. The highest BCUT2D eigenvalue weighted by atomic mass is 16.5. The van der Waals surface area contributed by atoms with Crippen LogP contribution in [0.3, 0.4) is 0 Å². The van der Waals surface area contributed by atoms with Gasteiger partial charge in [0, 0.05) is 19.5 Å². The van der Waals surface area contributed by atoms with E-state index in [0.717, 1.165) is 5.56 Å². The number of carbonyl (C=O) groups is 2. The van der Waals surface area contributed by atoms with Gasteiger partial charge in [0.2, 0.25) is 5.91 Å². The zero-order chi connectivity index (χ0) is 14.5. The number of hydrogen-bond acceptors (Lipinski definition) is 3. The summed E-state index contributed by atoms with van der Waals surface area (Å²) in [7, 11) is 0. The minimum Gasteiger partial charge on any atom is -0.478 e. The van der Waals surface area contributed by atoms with Gasteiger partial charge >= 0.3 is 5.97 Å². The SMILES string of the molecule is CC1CN(C(=O)CCc2ccc(C(=O)O)cc2)CCO1. The Kier molecular flexibility index (Phi) is 4.74. The van der Waals surface area contributed by atoms with Gasteiger partial charge in [-0.15, -0.1) is 0 Å². The minimum atomic E-state index is -0.935. The lowest BCUT2D eigenvalue weighted by Crippen LogP contribution is -2.44. The van der Waals surface area contributed by atoms with E-state index in [2.05, 4.69) is 0 Å². The van der Waals surface area contributed by atoms with Gasteiger partial charge in [0.1, 0.15) is 0 Å². The Bertz CT molecular complexity index is 483. The summed E-state index contributed by atoms with van der Waals surface area (Å²) in [5.41, 5.74) is 1.24. The van der Waals surface area contributed by atoms with E-state index in [1.807, 2.05) is 11.8 Å². The van der Waals surface area contributed by atoms with E-state index in [0.29, 0.717) is 32.5 Å². The zero-order valence-electron chi connectivity index (χ0n) is 11.5. The van der Waals surface area contributed by atoms with Crippen LogP contribution < -0.4 is 0 Å². The molecule has 0 saturated carbocycles. The molecule has 0 bridgehead atoms. The lowest BCUT2D eigenvalue weighted by atomic mass is 10.1. The van der Waals surface area contributed by atoms with Crippen molar-refractivity contribution in [2.75, 3.05) is 19.7 Å². The molecule has 5 nitrogen and oxygen atoms in total. The summed E-state index contributed by atoms with van der Waals surface area (Å²) in [6.07, 6.45) is 1.17. The number of rotatable bonds is 4. The fourth-order valence-corrected chi connectivity index (χ4v) is 2.27. The third kappa shape index (κ3) is 3.81. The van der Waals surface area contributed by atoms with Crippen LogP contribution >= 0.6 is 0 Å². The molecule has 1 aromatic carbocycles. The fraction of sp³-hybridized carbons (Fsp3) is 0.467. The van der Waals surface area contributed by atoms with Gasteiger partial charge in [-0.3, -0.25) is 4.79 Å².